The molecule has 2 amide bonds. The van der Waals surface area contributed by atoms with E-state index in [0.29, 0.717) is 18.3 Å². The Labute approximate surface area is 176 Å². The second-order valence-electron chi connectivity index (χ2n) is 7.70. The van der Waals surface area contributed by atoms with Crippen LogP contribution in [0.4, 0.5) is 11.4 Å². The summed E-state index contributed by atoms with van der Waals surface area (Å²) in [5.74, 6) is -1.25. The maximum absolute atomic E-state index is 12.6. The molecule has 0 aromatic heterocycles. The van der Waals surface area contributed by atoms with Gasteiger partial charge in [-0.2, -0.15) is 0 Å². The summed E-state index contributed by atoms with van der Waals surface area (Å²) in [6.45, 7) is 4.67. The van der Waals surface area contributed by atoms with E-state index in [0.717, 1.165) is 29.7 Å². The lowest BCUT2D eigenvalue weighted by molar-refractivity contribution is -0.119. The van der Waals surface area contributed by atoms with E-state index < -0.39 is 5.97 Å². The van der Waals surface area contributed by atoms with Crippen LogP contribution in [0.2, 0.25) is 0 Å². The fraction of sp³-hybridized carbons (Fsp3) is 0.348. The number of carbonyl (C=O) groups is 3. The van der Waals surface area contributed by atoms with Crippen molar-refractivity contribution < 1.29 is 19.5 Å². The fourth-order valence-corrected chi connectivity index (χ4v) is 3.37. The average Bonchev–Trinajstić information content (AvgIpc) is 3.54. The third-order valence-electron chi connectivity index (χ3n) is 5.20. The highest BCUT2D eigenvalue weighted by Crippen LogP contribution is 2.27. The van der Waals surface area contributed by atoms with Gasteiger partial charge in [0.25, 0.3) is 0 Å². The summed E-state index contributed by atoms with van der Waals surface area (Å²) in [6.07, 6.45) is 2.33. The molecule has 0 radical (unpaired) electrons. The molecule has 0 unspecified atom stereocenters. The summed E-state index contributed by atoms with van der Waals surface area (Å²) in [6, 6.07) is 12.3. The molecule has 7 heteroatoms. The van der Waals surface area contributed by atoms with Gasteiger partial charge in [-0.15, -0.1) is 0 Å². The molecule has 2 aromatic rings. The number of rotatable bonds is 9. The van der Waals surface area contributed by atoms with Crippen LogP contribution in [0.15, 0.2) is 42.5 Å². The van der Waals surface area contributed by atoms with Crippen LogP contribution in [-0.4, -0.2) is 46.9 Å². The number of carbonyl (C=O) groups excluding carboxylic acids is 2. The molecular weight excluding hydrogens is 382 g/mol. The maximum atomic E-state index is 12.6. The van der Waals surface area contributed by atoms with Crippen molar-refractivity contribution in [2.24, 2.45) is 0 Å². The molecular formula is C23H27N3O4. The molecule has 0 bridgehead atoms. The van der Waals surface area contributed by atoms with Crippen LogP contribution in [0.3, 0.4) is 0 Å². The first-order chi connectivity index (χ1) is 14.3. The monoisotopic (exact) mass is 409 g/mol. The lowest BCUT2D eigenvalue weighted by atomic mass is 10.1. The van der Waals surface area contributed by atoms with Gasteiger partial charge < -0.3 is 15.7 Å². The van der Waals surface area contributed by atoms with Crippen LogP contribution in [-0.2, 0) is 9.59 Å². The van der Waals surface area contributed by atoms with E-state index in [1.165, 1.54) is 12.1 Å². The zero-order valence-electron chi connectivity index (χ0n) is 17.3. The summed E-state index contributed by atoms with van der Waals surface area (Å²) in [5, 5.41) is 14.7. The molecule has 0 aliphatic heterocycles. The standard InChI is InChI=1S/C23H27N3O4/c1-15-4-3-5-16(2)22(15)25-21(28)14-26(19-10-11-19)13-12-20(27)24-18-8-6-17(7-9-18)23(29)30/h3-9,19H,10-14H2,1-2H3,(H,24,27)(H,25,28)(H,29,30). The van der Waals surface area contributed by atoms with Crippen LogP contribution in [0.25, 0.3) is 0 Å². The van der Waals surface area contributed by atoms with E-state index in [9.17, 15) is 14.4 Å². The van der Waals surface area contributed by atoms with Gasteiger partial charge in [0.1, 0.15) is 0 Å². The van der Waals surface area contributed by atoms with E-state index >= 15 is 0 Å². The van der Waals surface area contributed by atoms with Gasteiger partial charge >= 0.3 is 5.97 Å². The van der Waals surface area contributed by atoms with E-state index in [-0.39, 0.29) is 30.3 Å². The van der Waals surface area contributed by atoms with Crippen LogP contribution >= 0.6 is 0 Å². The number of carboxylic acid groups (broad SMARTS) is 1. The molecule has 3 rings (SSSR count). The molecule has 158 valence electrons. The Morgan fingerprint density at radius 2 is 1.60 bits per heavy atom. The number of aromatic carboxylic acids is 1. The first-order valence-corrected chi connectivity index (χ1v) is 10.1. The third-order valence-corrected chi connectivity index (χ3v) is 5.20. The van der Waals surface area contributed by atoms with Crippen molar-refractivity contribution in [2.75, 3.05) is 23.7 Å². The normalized spacial score (nSPS) is 13.2. The molecule has 3 N–H and O–H groups in total. The van der Waals surface area contributed by atoms with Crippen molar-refractivity contribution in [1.82, 2.24) is 4.90 Å². The number of para-hydroxylation sites is 1. The number of carboxylic acids is 1. The summed E-state index contributed by atoms with van der Waals surface area (Å²) in [7, 11) is 0. The predicted molar refractivity (Wildman–Crippen MR) is 116 cm³/mol. The van der Waals surface area contributed by atoms with Crippen LogP contribution in [0.5, 0.6) is 0 Å². The molecule has 0 saturated heterocycles. The van der Waals surface area contributed by atoms with Crippen LogP contribution < -0.4 is 10.6 Å². The van der Waals surface area contributed by atoms with Gasteiger partial charge in [-0.1, -0.05) is 18.2 Å². The third kappa shape index (κ3) is 5.90. The van der Waals surface area contributed by atoms with E-state index in [1.807, 2.05) is 32.0 Å². The largest absolute Gasteiger partial charge is 0.478 e. The van der Waals surface area contributed by atoms with E-state index in [1.54, 1.807) is 12.1 Å². The molecule has 1 aliphatic carbocycles. The smallest absolute Gasteiger partial charge is 0.335 e. The average molecular weight is 409 g/mol. The van der Waals surface area contributed by atoms with Crippen molar-refractivity contribution in [3.05, 3.63) is 59.2 Å². The summed E-state index contributed by atoms with van der Waals surface area (Å²) in [4.78, 5) is 37.8. The number of amides is 2. The van der Waals surface area contributed by atoms with Crippen LogP contribution in [0, 0.1) is 13.8 Å². The van der Waals surface area contributed by atoms with E-state index in [4.69, 9.17) is 5.11 Å². The van der Waals surface area contributed by atoms with Crippen molar-refractivity contribution in [1.29, 1.82) is 0 Å². The summed E-state index contributed by atoms with van der Waals surface area (Å²) < 4.78 is 0. The Morgan fingerprint density at radius 1 is 0.967 bits per heavy atom. The number of hydrogen-bond donors (Lipinski definition) is 3. The Kier molecular flexibility index (Phi) is 6.84. The minimum atomic E-state index is -1.01. The van der Waals surface area contributed by atoms with Gasteiger partial charge in [0, 0.05) is 30.4 Å². The number of hydrogen-bond acceptors (Lipinski definition) is 4. The molecule has 0 heterocycles. The second-order valence-corrected chi connectivity index (χ2v) is 7.70. The minimum Gasteiger partial charge on any atom is -0.478 e. The van der Waals surface area contributed by atoms with Gasteiger partial charge in [0.2, 0.25) is 11.8 Å². The van der Waals surface area contributed by atoms with Crippen molar-refractivity contribution >= 4 is 29.2 Å². The number of benzene rings is 2. The predicted octanol–water partition coefficient (Wildman–Crippen LogP) is 3.43. The minimum absolute atomic E-state index is 0.0797. The zero-order chi connectivity index (χ0) is 21.7. The summed E-state index contributed by atoms with van der Waals surface area (Å²) in [5.41, 5.74) is 3.61. The highest BCUT2D eigenvalue weighted by atomic mass is 16.4. The Morgan fingerprint density at radius 3 is 2.17 bits per heavy atom. The van der Waals surface area contributed by atoms with Gasteiger partial charge in [-0.05, 0) is 62.1 Å². The summed E-state index contributed by atoms with van der Waals surface area (Å²) >= 11 is 0. The Bertz CT molecular complexity index is 916. The van der Waals surface area contributed by atoms with Crippen molar-refractivity contribution in [2.45, 2.75) is 39.2 Å². The molecule has 30 heavy (non-hydrogen) atoms. The van der Waals surface area contributed by atoms with Crippen molar-refractivity contribution in [3.63, 3.8) is 0 Å². The van der Waals surface area contributed by atoms with E-state index in [2.05, 4.69) is 15.5 Å². The Balaban J connectivity index is 1.51. The zero-order valence-corrected chi connectivity index (χ0v) is 17.3. The van der Waals surface area contributed by atoms with Crippen molar-refractivity contribution in [3.8, 4) is 0 Å². The molecule has 1 saturated carbocycles. The molecule has 0 spiro atoms. The highest BCUT2D eigenvalue weighted by molar-refractivity contribution is 5.94. The lowest BCUT2D eigenvalue weighted by Gasteiger charge is -2.22. The molecule has 0 atom stereocenters. The first kappa shape index (κ1) is 21.5. The second kappa shape index (κ2) is 9.54. The Hall–Kier alpha value is -3.19. The molecule has 1 aliphatic rings. The lowest BCUT2D eigenvalue weighted by Crippen LogP contribution is -2.37. The first-order valence-electron chi connectivity index (χ1n) is 10.1. The van der Waals surface area contributed by atoms with Gasteiger partial charge in [-0.3, -0.25) is 14.5 Å². The number of nitrogens with one attached hydrogen (secondary N) is 2. The molecule has 1 fully saturated rings. The highest BCUT2D eigenvalue weighted by Gasteiger charge is 2.30. The van der Waals surface area contributed by atoms with Gasteiger partial charge in [0.05, 0.1) is 12.1 Å². The number of aryl methyl sites for hydroxylation is 2. The van der Waals surface area contributed by atoms with Crippen LogP contribution in [0.1, 0.15) is 40.7 Å². The maximum Gasteiger partial charge on any atom is 0.335 e. The number of nitrogens with zero attached hydrogens (tertiary/aromatic N) is 1. The number of anilines is 2. The molecule has 2 aromatic carbocycles. The van der Waals surface area contributed by atoms with Gasteiger partial charge in [0.15, 0.2) is 0 Å². The fourth-order valence-electron chi connectivity index (χ4n) is 3.37. The molecule has 7 nitrogen and oxygen atoms in total. The topological polar surface area (TPSA) is 98.7 Å². The quantitative estimate of drug-likeness (QED) is 0.589. The SMILES string of the molecule is Cc1cccc(C)c1NC(=O)CN(CCC(=O)Nc1ccc(C(=O)O)cc1)C1CC1. The van der Waals surface area contributed by atoms with Gasteiger partial charge in [-0.25, -0.2) is 4.79 Å².